The molecule has 0 aliphatic rings. The van der Waals surface area contributed by atoms with Crippen LogP contribution in [0.25, 0.3) is 6.08 Å². The summed E-state index contributed by atoms with van der Waals surface area (Å²) >= 11 is 2.14. The summed E-state index contributed by atoms with van der Waals surface area (Å²) in [7, 11) is -1.08. The maximum Gasteiger partial charge on any atom is 0.0911 e. The number of halogens is 1. The fraction of sp³-hybridized carbons (Fsp3) is 0. The lowest BCUT2D eigenvalue weighted by Gasteiger charge is -2.00. The summed E-state index contributed by atoms with van der Waals surface area (Å²) in [6.45, 7) is 0. The van der Waals surface area contributed by atoms with E-state index in [0.29, 0.717) is 0 Å². The Bertz CT molecular complexity index is 535. The molecule has 2 aromatic rings. The minimum Gasteiger partial charge on any atom is -0.249 e. The first-order valence-electron chi connectivity index (χ1n) is 5.16. The lowest BCUT2D eigenvalue weighted by molar-refractivity contribution is 0.688. The zero-order valence-electron chi connectivity index (χ0n) is 9.05. The van der Waals surface area contributed by atoms with E-state index in [1.54, 1.807) is 0 Å². The third-order valence-corrected chi connectivity index (χ3v) is 4.90. The minimum atomic E-state index is -1.08. The Hall–Kier alpha value is -0.940. The monoisotopic (exact) mass is 354 g/mol. The number of benzene rings is 2. The highest BCUT2D eigenvalue weighted by Gasteiger charge is 2.06. The van der Waals surface area contributed by atoms with E-state index in [4.69, 9.17) is 0 Å². The van der Waals surface area contributed by atoms with Gasteiger partial charge in [-0.3, -0.25) is 0 Å². The number of hydrogen-bond acceptors (Lipinski definition) is 1. The fourth-order valence-corrected chi connectivity index (χ4v) is 3.39. The molecule has 2 rings (SSSR count). The van der Waals surface area contributed by atoms with Gasteiger partial charge in [0.05, 0.1) is 13.7 Å². The molecule has 0 N–H and O–H groups in total. The van der Waals surface area contributed by atoms with Crippen molar-refractivity contribution in [3.05, 3.63) is 69.1 Å². The molecule has 0 amide bonds. The van der Waals surface area contributed by atoms with Crippen molar-refractivity contribution >= 4 is 39.5 Å². The van der Waals surface area contributed by atoms with E-state index in [1.165, 1.54) is 0 Å². The smallest absolute Gasteiger partial charge is 0.0911 e. The molecule has 3 heteroatoms. The molecule has 1 nitrogen and oxygen atoms in total. The summed E-state index contributed by atoms with van der Waals surface area (Å²) in [5.74, 6) is 0. The van der Waals surface area contributed by atoms with Crippen LogP contribution in [0.2, 0.25) is 0 Å². The number of rotatable bonds is 3. The molecular formula is C14H11IOS. The quantitative estimate of drug-likeness (QED) is 0.754. The molecule has 2 aromatic carbocycles. The first-order valence-corrected chi connectivity index (χ1v) is 7.39. The van der Waals surface area contributed by atoms with Crippen molar-refractivity contribution in [3.63, 3.8) is 0 Å². The fourth-order valence-electron chi connectivity index (χ4n) is 1.39. The summed E-state index contributed by atoms with van der Waals surface area (Å²) in [6, 6.07) is 19.4. The van der Waals surface area contributed by atoms with Crippen molar-refractivity contribution in [2.45, 2.75) is 4.90 Å². The SMILES string of the molecule is O=S(/C(I)=C\c1ccccc1)c1ccccc1. The Morgan fingerprint density at radius 3 is 2.06 bits per heavy atom. The highest BCUT2D eigenvalue weighted by molar-refractivity contribution is 14.1. The molecule has 86 valence electrons. The van der Waals surface area contributed by atoms with Gasteiger partial charge in [-0.25, -0.2) is 4.21 Å². The summed E-state index contributed by atoms with van der Waals surface area (Å²) in [4.78, 5) is 0.837. The lowest BCUT2D eigenvalue weighted by atomic mass is 10.2. The molecule has 0 saturated carbocycles. The van der Waals surface area contributed by atoms with Gasteiger partial charge in [-0.15, -0.1) is 0 Å². The van der Waals surface area contributed by atoms with Crippen LogP contribution in [0.15, 0.2) is 68.5 Å². The Morgan fingerprint density at radius 2 is 1.47 bits per heavy atom. The average molecular weight is 354 g/mol. The molecule has 1 atom stereocenters. The summed E-state index contributed by atoms with van der Waals surface area (Å²) in [5, 5.41) is 0. The Morgan fingerprint density at radius 1 is 0.941 bits per heavy atom. The third-order valence-electron chi connectivity index (χ3n) is 2.21. The van der Waals surface area contributed by atoms with Crippen LogP contribution in [0.3, 0.4) is 0 Å². The molecule has 0 aliphatic heterocycles. The van der Waals surface area contributed by atoms with Crippen LogP contribution in [-0.4, -0.2) is 4.21 Å². The second-order valence-electron chi connectivity index (χ2n) is 3.44. The molecule has 0 aliphatic carbocycles. The van der Waals surface area contributed by atoms with Crippen molar-refractivity contribution in [2.75, 3.05) is 0 Å². The van der Waals surface area contributed by atoms with Gasteiger partial charge in [-0.05, 0) is 46.4 Å². The van der Waals surface area contributed by atoms with Gasteiger partial charge in [-0.2, -0.15) is 0 Å². The molecule has 0 radical (unpaired) electrons. The van der Waals surface area contributed by atoms with Crippen LogP contribution in [0.5, 0.6) is 0 Å². The summed E-state index contributed by atoms with van der Waals surface area (Å²) in [6.07, 6.45) is 1.95. The number of hydrogen-bond donors (Lipinski definition) is 0. The Kier molecular flexibility index (Phi) is 4.50. The zero-order valence-corrected chi connectivity index (χ0v) is 12.0. The molecule has 1 unspecified atom stereocenters. The topological polar surface area (TPSA) is 17.1 Å². The van der Waals surface area contributed by atoms with E-state index in [-0.39, 0.29) is 0 Å². The van der Waals surface area contributed by atoms with Crippen LogP contribution < -0.4 is 0 Å². The van der Waals surface area contributed by atoms with Gasteiger partial charge in [-0.1, -0.05) is 48.5 Å². The van der Waals surface area contributed by atoms with Crippen LogP contribution in [0, 0.1) is 0 Å². The largest absolute Gasteiger partial charge is 0.249 e. The van der Waals surface area contributed by atoms with Crippen molar-refractivity contribution < 1.29 is 4.21 Å². The first kappa shape index (κ1) is 12.5. The van der Waals surface area contributed by atoms with Gasteiger partial charge < -0.3 is 0 Å². The van der Waals surface area contributed by atoms with E-state index in [9.17, 15) is 4.21 Å². The predicted octanol–water partition coefficient (Wildman–Crippen LogP) is 4.23. The average Bonchev–Trinajstić information content (AvgIpc) is 2.40. The van der Waals surface area contributed by atoms with E-state index >= 15 is 0 Å². The van der Waals surface area contributed by atoms with Crippen molar-refractivity contribution in [1.29, 1.82) is 0 Å². The maximum atomic E-state index is 12.2. The van der Waals surface area contributed by atoms with Gasteiger partial charge in [0.1, 0.15) is 0 Å². The van der Waals surface area contributed by atoms with Gasteiger partial charge >= 0.3 is 0 Å². The minimum absolute atomic E-state index is 0.833. The predicted molar refractivity (Wildman–Crippen MR) is 81.3 cm³/mol. The van der Waals surface area contributed by atoms with E-state index in [1.807, 2.05) is 66.7 Å². The second kappa shape index (κ2) is 6.12. The lowest BCUT2D eigenvalue weighted by Crippen LogP contribution is -1.89. The normalized spacial score (nSPS) is 13.4. The Labute approximate surface area is 117 Å². The Balaban J connectivity index is 2.24. The van der Waals surface area contributed by atoms with E-state index in [2.05, 4.69) is 22.6 Å². The molecular weight excluding hydrogens is 343 g/mol. The molecule has 0 heterocycles. The van der Waals surface area contributed by atoms with E-state index in [0.717, 1.165) is 13.4 Å². The second-order valence-corrected chi connectivity index (χ2v) is 6.78. The van der Waals surface area contributed by atoms with Crippen LogP contribution in [-0.2, 0) is 10.8 Å². The molecule has 0 saturated heterocycles. The zero-order chi connectivity index (χ0) is 12.1. The summed E-state index contributed by atoms with van der Waals surface area (Å²) in [5.41, 5.74) is 1.07. The van der Waals surface area contributed by atoms with Crippen LogP contribution in [0.1, 0.15) is 5.56 Å². The molecule has 0 aromatic heterocycles. The van der Waals surface area contributed by atoms with Crippen LogP contribution in [0.4, 0.5) is 0 Å². The van der Waals surface area contributed by atoms with Gasteiger partial charge in [0.15, 0.2) is 0 Å². The van der Waals surface area contributed by atoms with Gasteiger partial charge in [0.2, 0.25) is 0 Å². The summed E-state index contributed by atoms with van der Waals surface area (Å²) < 4.78 is 13.0. The van der Waals surface area contributed by atoms with E-state index < -0.39 is 10.8 Å². The standard InChI is InChI=1S/C14H11IOS/c15-14(11-12-7-3-1-4-8-12)17(16)13-9-5-2-6-10-13/h1-11H/b14-11-. The van der Waals surface area contributed by atoms with Crippen LogP contribution >= 0.6 is 22.6 Å². The molecule has 0 bridgehead atoms. The highest BCUT2D eigenvalue weighted by Crippen LogP contribution is 2.22. The first-order chi connectivity index (χ1) is 8.27. The van der Waals surface area contributed by atoms with Crippen molar-refractivity contribution in [3.8, 4) is 0 Å². The maximum absolute atomic E-state index is 12.2. The van der Waals surface area contributed by atoms with Crippen molar-refractivity contribution in [2.24, 2.45) is 0 Å². The third kappa shape index (κ3) is 3.51. The van der Waals surface area contributed by atoms with Gasteiger partial charge in [0, 0.05) is 4.90 Å². The van der Waals surface area contributed by atoms with Gasteiger partial charge in [0.25, 0.3) is 0 Å². The molecule has 0 spiro atoms. The highest BCUT2D eigenvalue weighted by atomic mass is 127. The molecule has 17 heavy (non-hydrogen) atoms. The van der Waals surface area contributed by atoms with Crippen molar-refractivity contribution in [1.82, 2.24) is 0 Å². The molecule has 0 fully saturated rings.